The van der Waals surface area contributed by atoms with Crippen LogP contribution in [0, 0.1) is 0 Å². The van der Waals surface area contributed by atoms with Crippen LogP contribution in [0.3, 0.4) is 0 Å². The molecular weight excluding hydrogens is 222 g/mol. The number of rotatable bonds is 1. The fourth-order valence-electron chi connectivity index (χ4n) is 2.46. The summed E-state index contributed by atoms with van der Waals surface area (Å²) >= 11 is 0. The number of aromatic nitrogens is 1. The summed E-state index contributed by atoms with van der Waals surface area (Å²) in [6.45, 7) is 0. The Hall–Kier alpha value is -2.35. The molecule has 2 nitrogen and oxygen atoms in total. The van der Waals surface area contributed by atoms with Crippen LogP contribution in [0.5, 0.6) is 0 Å². The first-order chi connectivity index (χ1) is 8.92. The lowest BCUT2D eigenvalue weighted by Crippen LogP contribution is -1.83. The Morgan fingerprint density at radius 3 is 2.56 bits per heavy atom. The molecule has 3 aromatic rings. The predicted molar refractivity (Wildman–Crippen MR) is 70.2 cm³/mol. The van der Waals surface area contributed by atoms with Gasteiger partial charge < -0.3 is 4.42 Å². The molecule has 1 aliphatic carbocycles. The number of hydrogen-bond acceptors (Lipinski definition) is 2. The summed E-state index contributed by atoms with van der Waals surface area (Å²) < 4.78 is 5.93. The molecule has 0 spiro atoms. The van der Waals surface area contributed by atoms with Crippen LogP contribution < -0.4 is 0 Å². The third-order valence-electron chi connectivity index (χ3n) is 3.34. The molecule has 0 saturated heterocycles. The highest BCUT2D eigenvalue weighted by molar-refractivity contribution is 5.72. The average molecular weight is 233 g/mol. The molecule has 0 atom stereocenters. The van der Waals surface area contributed by atoms with Crippen molar-refractivity contribution in [1.82, 2.24) is 4.98 Å². The molecule has 1 aliphatic rings. The molecule has 1 heterocycles. The summed E-state index contributed by atoms with van der Waals surface area (Å²) in [6.07, 6.45) is 0.877. The molecule has 0 N–H and O–H groups in total. The van der Waals surface area contributed by atoms with Gasteiger partial charge in [-0.2, -0.15) is 0 Å². The van der Waals surface area contributed by atoms with Gasteiger partial charge in [0.25, 0.3) is 0 Å². The highest BCUT2D eigenvalue weighted by atomic mass is 16.4. The lowest BCUT2D eigenvalue weighted by Gasteiger charge is -1.98. The molecule has 2 heteroatoms. The van der Waals surface area contributed by atoms with Crippen LogP contribution in [0.25, 0.3) is 22.8 Å². The first-order valence-electron chi connectivity index (χ1n) is 6.05. The summed E-state index contributed by atoms with van der Waals surface area (Å²) in [7, 11) is 0. The molecule has 0 bridgehead atoms. The Balaban J connectivity index is 1.86. The van der Waals surface area contributed by atoms with E-state index in [1.54, 1.807) is 0 Å². The van der Waals surface area contributed by atoms with Crippen molar-refractivity contribution in [3.8, 4) is 22.8 Å². The molecule has 0 fully saturated rings. The smallest absolute Gasteiger partial charge is 0.227 e. The molecule has 18 heavy (non-hydrogen) atoms. The van der Waals surface area contributed by atoms with Gasteiger partial charge in [-0.25, -0.2) is 4.98 Å². The number of hydrogen-bond donors (Lipinski definition) is 0. The van der Waals surface area contributed by atoms with Crippen molar-refractivity contribution in [2.75, 3.05) is 0 Å². The van der Waals surface area contributed by atoms with Crippen molar-refractivity contribution in [1.29, 1.82) is 0 Å². The van der Waals surface area contributed by atoms with Crippen molar-refractivity contribution >= 4 is 0 Å². The molecule has 2 aromatic carbocycles. The number of fused-ring (bicyclic) bond motifs is 3. The standard InChI is InChI=1S/C16H11NO/c1-2-6-11(7-3-1)16-17-14-10-12-8-4-5-9-13(12)15(14)18-16/h1-9H,10H2. The number of nitrogens with zero attached hydrogens (tertiary/aromatic N) is 1. The van der Waals surface area contributed by atoms with E-state index >= 15 is 0 Å². The second-order valence-electron chi connectivity index (χ2n) is 4.49. The fraction of sp³-hybridized carbons (Fsp3) is 0.0625. The molecule has 0 unspecified atom stereocenters. The SMILES string of the molecule is c1ccc(-c2nc3c(o2)-c2ccccc2C3)cc1. The molecule has 0 amide bonds. The van der Waals surface area contributed by atoms with Gasteiger partial charge in [0.2, 0.25) is 5.89 Å². The van der Waals surface area contributed by atoms with Gasteiger partial charge in [-0.15, -0.1) is 0 Å². The maximum atomic E-state index is 5.93. The Morgan fingerprint density at radius 1 is 0.889 bits per heavy atom. The van der Waals surface area contributed by atoms with Gasteiger partial charge in [0.05, 0.1) is 5.69 Å². The molecule has 86 valence electrons. The molecular formula is C16H11NO. The van der Waals surface area contributed by atoms with Crippen LogP contribution in [0.4, 0.5) is 0 Å². The number of oxazole rings is 1. The quantitative estimate of drug-likeness (QED) is 0.498. The largest absolute Gasteiger partial charge is 0.436 e. The normalized spacial score (nSPS) is 12.2. The zero-order valence-corrected chi connectivity index (χ0v) is 9.76. The Labute approximate surface area is 105 Å². The highest BCUT2D eigenvalue weighted by Gasteiger charge is 2.24. The minimum atomic E-state index is 0.718. The summed E-state index contributed by atoms with van der Waals surface area (Å²) in [5.41, 5.74) is 4.57. The van der Waals surface area contributed by atoms with Gasteiger partial charge in [0.15, 0.2) is 5.76 Å². The average Bonchev–Trinajstić information content (AvgIpc) is 2.97. The summed E-state index contributed by atoms with van der Waals surface area (Å²) in [5.74, 6) is 1.65. The van der Waals surface area contributed by atoms with Gasteiger partial charge in [-0.3, -0.25) is 0 Å². The van der Waals surface area contributed by atoms with Crippen molar-refractivity contribution in [3.05, 3.63) is 65.9 Å². The lowest BCUT2D eigenvalue weighted by molar-refractivity contribution is 0.589. The maximum absolute atomic E-state index is 5.93. The van der Waals surface area contributed by atoms with Gasteiger partial charge in [0.1, 0.15) is 0 Å². The van der Waals surface area contributed by atoms with Crippen LogP contribution >= 0.6 is 0 Å². The van der Waals surface area contributed by atoms with Crippen molar-refractivity contribution in [3.63, 3.8) is 0 Å². The van der Waals surface area contributed by atoms with Crippen LogP contribution in [0.1, 0.15) is 11.3 Å². The topological polar surface area (TPSA) is 26.0 Å². The van der Waals surface area contributed by atoms with Gasteiger partial charge >= 0.3 is 0 Å². The lowest BCUT2D eigenvalue weighted by atomic mass is 10.1. The minimum absolute atomic E-state index is 0.718. The van der Waals surface area contributed by atoms with Crippen molar-refractivity contribution in [2.45, 2.75) is 6.42 Å². The highest BCUT2D eigenvalue weighted by Crippen LogP contribution is 2.38. The van der Waals surface area contributed by atoms with E-state index in [9.17, 15) is 0 Å². The zero-order chi connectivity index (χ0) is 11.9. The third-order valence-corrected chi connectivity index (χ3v) is 3.34. The molecule has 0 saturated carbocycles. The van der Waals surface area contributed by atoms with E-state index in [2.05, 4.69) is 23.2 Å². The molecule has 4 rings (SSSR count). The second-order valence-corrected chi connectivity index (χ2v) is 4.49. The van der Waals surface area contributed by atoms with E-state index in [4.69, 9.17) is 4.42 Å². The Morgan fingerprint density at radius 2 is 1.67 bits per heavy atom. The fourth-order valence-corrected chi connectivity index (χ4v) is 2.46. The molecule has 0 aliphatic heterocycles. The monoisotopic (exact) mass is 233 g/mol. The summed E-state index contributed by atoms with van der Waals surface area (Å²) in [4.78, 5) is 4.61. The van der Waals surface area contributed by atoms with Gasteiger partial charge in [-0.05, 0) is 17.7 Å². The first kappa shape index (κ1) is 9.66. The van der Waals surface area contributed by atoms with Crippen LogP contribution in [0.2, 0.25) is 0 Å². The third kappa shape index (κ3) is 1.32. The van der Waals surface area contributed by atoms with E-state index in [-0.39, 0.29) is 0 Å². The minimum Gasteiger partial charge on any atom is -0.436 e. The van der Waals surface area contributed by atoms with Gasteiger partial charge in [-0.1, -0.05) is 42.5 Å². The molecule has 0 radical (unpaired) electrons. The van der Waals surface area contributed by atoms with Crippen LogP contribution in [0.15, 0.2) is 59.0 Å². The van der Waals surface area contributed by atoms with E-state index in [0.29, 0.717) is 0 Å². The Kier molecular flexibility index (Phi) is 1.92. The summed E-state index contributed by atoms with van der Waals surface area (Å²) in [5, 5.41) is 0. The van der Waals surface area contributed by atoms with Crippen molar-refractivity contribution < 1.29 is 4.42 Å². The maximum Gasteiger partial charge on any atom is 0.227 e. The van der Waals surface area contributed by atoms with Crippen LogP contribution in [-0.4, -0.2) is 4.98 Å². The van der Waals surface area contributed by atoms with E-state index < -0.39 is 0 Å². The van der Waals surface area contributed by atoms with Gasteiger partial charge in [0, 0.05) is 17.5 Å². The van der Waals surface area contributed by atoms with E-state index in [1.807, 2.05) is 36.4 Å². The zero-order valence-electron chi connectivity index (χ0n) is 9.76. The second kappa shape index (κ2) is 3.57. The first-order valence-corrected chi connectivity index (χ1v) is 6.05. The molecule has 1 aromatic heterocycles. The van der Waals surface area contributed by atoms with E-state index in [1.165, 1.54) is 11.1 Å². The Bertz CT molecular complexity index is 713. The van der Waals surface area contributed by atoms with Crippen molar-refractivity contribution in [2.24, 2.45) is 0 Å². The predicted octanol–water partition coefficient (Wildman–Crippen LogP) is 3.91. The van der Waals surface area contributed by atoms with E-state index in [0.717, 1.165) is 29.3 Å². The number of benzene rings is 2. The van der Waals surface area contributed by atoms with Crippen LogP contribution in [-0.2, 0) is 6.42 Å². The summed E-state index contributed by atoms with van der Waals surface area (Å²) in [6, 6.07) is 18.4.